The van der Waals surface area contributed by atoms with E-state index in [9.17, 15) is 0 Å². The lowest BCUT2D eigenvalue weighted by Gasteiger charge is -1.83. The number of hydrogen-bond acceptors (Lipinski definition) is 2. The number of nitrogens with two attached hydrogens (primary N) is 1. The van der Waals surface area contributed by atoms with Gasteiger partial charge in [0.05, 0.1) is 11.9 Å². The average Bonchev–Trinajstić information content (AvgIpc) is 2.47. The molecular formula is C9H9N3. The smallest absolute Gasteiger partial charge is 0.0700 e. The highest BCUT2D eigenvalue weighted by molar-refractivity contribution is 5.89. The molecule has 0 radical (unpaired) electrons. The molecule has 0 spiro atoms. The molecule has 0 saturated heterocycles. The van der Waals surface area contributed by atoms with Crippen molar-refractivity contribution >= 4 is 17.1 Å². The van der Waals surface area contributed by atoms with Gasteiger partial charge in [-0.1, -0.05) is 18.2 Å². The van der Waals surface area contributed by atoms with Crippen LogP contribution < -0.4 is 5.84 Å². The minimum Gasteiger partial charge on any atom is -0.354 e. The molecule has 3 nitrogen and oxygen atoms in total. The van der Waals surface area contributed by atoms with E-state index in [2.05, 4.69) is 10.1 Å². The molecule has 0 bridgehead atoms. The van der Waals surface area contributed by atoms with Crippen LogP contribution in [0.25, 0.3) is 10.9 Å². The summed E-state index contributed by atoms with van der Waals surface area (Å²) in [6.45, 7) is 0. The molecule has 0 amide bonds. The Morgan fingerprint density at radius 3 is 2.92 bits per heavy atom. The molecule has 2 rings (SSSR count). The summed E-state index contributed by atoms with van der Waals surface area (Å²) in [5, 5.41) is 4.62. The lowest BCUT2D eigenvalue weighted by Crippen LogP contribution is -1.84. The van der Waals surface area contributed by atoms with Crippen molar-refractivity contribution in [2.45, 2.75) is 0 Å². The van der Waals surface area contributed by atoms with E-state index in [1.165, 1.54) is 5.39 Å². The topological polar surface area (TPSA) is 54.2 Å². The molecule has 1 aromatic heterocycles. The quantitative estimate of drug-likeness (QED) is 0.369. The summed E-state index contributed by atoms with van der Waals surface area (Å²) in [5.41, 5.74) is 2.03. The molecule has 1 heterocycles. The summed E-state index contributed by atoms with van der Waals surface area (Å²) in [5.74, 6) is 5.03. The van der Waals surface area contributed by atoms with E-state index in [4.69, 9.17) is 5.84 Å². The third-order valence-electron chi connectivity index (χ3n) is 1.76. The molecule has 0 aliphatic carbocycles. The summed E-state index contributed by atoms with van der Waals surface area (Å²) >= 11 is 0. The first-order valence-electron chi connectivity index (χ1n) is 3.71. The molecule has 0 aliphatic heterocycles. The number of fused-ring (bicyclic) bond motifs is 1. The van der Waals surface area contributed by atoms with Gasteiger partial charge in [0.1, 0.15) is 0 Å². The third-order valence-corrected chi connectivity index (χ3v) is 1.76. The molecule has 0 unspecified atom stereocenters. The van der Waals surface area contributed by atoms with E-state index in [1.54, 1.807) is 6.21 Å². The van der Waals surface area contributed by atoms with Crippen molar-refractivity contribution in [1.82, 2.24) is 4.98 Å². The van der Waals surface area contributed by atoms with Gasteiger partial charge in [0, 0.05) is 10.9 Å². The van der Waals surface area contributed by atoms with Crippen LogP contribution in [0.2, 0.25) is 0 Å². The van der Waals surface area contributed by atoms with Gasteiger partial charge in [-0.05, 0) is 12.1 Å². The number of hydrogen-bond donors (Lipinski definition) is 2. The lowest BCUT2D eigenvalue weighted by atomic mass is 10.2. The van der Waals surface area contributed by atoms with E-state index in [0.717, 1.165) is 11.2 Å². The van der Waals surface area contributed by atoms with Crippen LogP contribution in [0, 0.1) is 0 Å². The minimum absolute atomic E-state index is 0.929. The number of para-hydroxylation sites is 1. The summed E-state index contributed by atoms with van der Waals surface area (Å²) in [6, 6.07) is 10.1. The SMILES string of the molecule is NN=Cc1cc2ccccc2[nH]1. The van der Waals surface area contributed by atoms with Crippen LogP contribution in [0.15, 0.2) is 35.4 Å². The predicted molar refractivity (Wildman–Crippen MR) is 50.1 cm³/mol. The summed E-state index contributed by atoms with van der Waals surface area (Å²) < 4.78 is 0. The van der Waals surface area contributed by atoms with E-state index in [0.29, 0.717) is 0 Å². The maximum Gasteiger partial charge on any atom is 0.0700 e. The standard InChI is InChI=1S/C9H9N3/c10-11-6-8-5-7-3-1-2-4-9(7)12-8/h1-6,12H,10H2. The Morgan fingerprint density at radius 1 is 1.33 bits per heavy atom. The van der Waals surface area contributed by atoms with Gasteiger partial charge in [0.15, 0.2) is 0 Å². The van der Waals surface area contributed by atoms with Gasteiger partial charge in [-0.3, -0.25) is 0 Å². The van der Waals surface area contributed by atoms with Gasteiger partial charge in [-0.15, -0.1) is 0 Å². The number of nitrogens with one attached hydrogen (secondary N) is 1. The summed E-state index contributed by atoms with van der Waals surface area (Å²) in [4.78, 5) is 3.17. The number of benzene rings is 1. The first-order chi connectivity index (χ1) is 5.90. The number of nitrogens with zero attached hydrogens (tertiary/aromatic N) is 1. The molecule has 60 valence electrons. The largest absolute Gasteiger partial charge is 0.354 e. The molecular weight excluding hydrogens is 150 g/mol. The van der Waals surface area contributed by atoms with Crippen molar-refractivity contribution in [2.24, 2.45) is 10.9 Å². The van der Waals surface area contributed by atoms with Crippen LogP contribution in [0.1, 0.15) is 5.69 Å². The second-order valence-electron chi connectivity index (χ2n) is 2.59. The van der Waals surface area contributed by atoms with E-state index in [1.807, 2.05) is 30.3 Å². The highest BCUT2D eigenvalue weighted by atomic mass is 15.1. The Labute approximate surface area is 69.9 Å². The Hall–Kier alpha value is -1.77. The average molecular weight is 159 g/mol. The summed E-state index contributed by atoms with van der Waals surface area (Å²) in [6.07, 6.45) is 1.60. The van der Waals surface area contributed by atoms with Crippen molar-refractivity contribution < 1.29 is 0 Å². The molecule has 0 atom stereocenters. The number of aromatic nitrogens is 1. The van der Waals surface area contributed by atoms with Gasteiger partial charge in [-0.2, -0.15) is 5.10 Å². The zero-order valence-electron chi connectivity index (χ0n) is 6.49. The van der Waals surface area contributed by atoms with Crippen molar-refractivity contribution in [2.75, 3.05) is 0 Å². The van der Waals surface area contributed by atoms with Crippen molar-refractivity contribution in [3.63, 3.8) is 0 Å². The van der Waals surface area contributed by atoms with Gasteiger partial charge >= 0.3 is 0 Å². The van der Waals surface area contributed by atoms with E-state index < -0.39 is 0 Å². The van der Waals surface area contributed by atoms with Gasteiger partial charge in [0.2, 0.25) is 0 Å². The summed E-state index contributed by atoms with van der Waals surface area (Å²) in [7, 11) is 0. The van der Waals surface area contributed by atoms with Crippen LogP contribution in [-0.4, -0.2) is 11.2 Å². The Bertz CT molecular complexity index is 381. The number of aromatic amines is 1. The van der Waals surface area contributed by atoms with Gasteiger partial charge in [0.25, 0.3) is 0 Å². The molecule has 0 saturated carbocycles. The van der Waals surface area contributed by atoms with Gasteiger partial charge < -0.3 is 10.8 Å². The van der Waals surface area contributed by atoms with Crippen LogP contribution in [-0.2, 0) is 0 Å². The predicted octanol–water partition coefficient (Wildman–Crippen LogP) is 1.46. The second kappa shape index (κ2) is 2.70. The fourth-order valence-electron chi connectivity index (χ4n) is 1.25. The normalized spacial score (nSPS) is 11.3. The van der Waals surface area contributed by atoms with Crippen molar-refractivity contribution in [3.8, 4) is 0 Å². The highest BCUT2D eigenvalue weighted by Gasteiger charge is 1.95. The Balaban J connectivity index is 2.62. The molecule has 2 aromatic rings. The number of H-pyrrole nitrogens is 1. The van der Waals surface area contributed by atoms with Crippen LogP contribution >= 0.6 is 0 Å². The third kappa shape index (κ3) is 1.05. The first kappa shape index (κ1) is 6.91. The lowest BCUT2D eigenvalue weighted by molar-refractivity contribution is 1.25. The molecule has 0 aliphatic rings. The molecule has 12 heavy (non-hydrogen) atoms. The van der Waals surface area contributed by atoms with Crippen molar-refractivity contribution in [1.29, 1.82) is 0 Å². The Kier molecular flexibility index (Phi) is 1.55. The maximum absolute atomic E-state index is 5.03. The zero-order valence-corrected chi connectivity index (χ0v) is 6.49. The fourth-order valence-corrected chi connectivity index (χ4v) is 1.25. The molecule has 0 fully saturated rings. The minimum atomic E-state index is 0.929. The van der Waals surface area contributed by atoms with Crippen LogP contribution in [0.4, 0.5) is 0 Å². The van der Waals surface area contributed by atoms with E-state index >= 15 is 0 Å². The molecule has 3 heteroatoms. The second-order valence-corrected chi connectivity index (χ2v) is 2.59. The Morgan fingerprint density at radius 2 is 2.17 bits per heavy atom. The van der Waals surface area contributed by atoms with Gasteiger partial charge in [-0.25, -0.2) is 0 Å². The number of hydrazone groups is 1. The monoisotopic (exact) mass is 159 g/mol. The van der Waals surface area contributed by atoms with E-state index in [-0.39, 0.29) is 0 Å². The first-order valence-corrected chi connectivity index (χ1v) is 3.71. The zero-order chi connectivity index (χ0) is 8.39. The molecule has 3 N–H and O–H groups in total. The number of rotatable bonds is 1. The van der Waals surface area contributed by atoms with Crippen LogP contribution in [0.5, 0.6) is 0 Å². The fraction of sp³-hybridized carbons (Fsp3) is 0. The maximum atomic E-state index is 5.03. The van der Waals surface area contributed by atoms with Crippen LogP contribution in [0.3, 0.4) is 0 Å². The highest BCUT2D eigenvalue weighted by Crippen LogP contribution is 2.12. The molecule has 1 aromatic carbocycles. The van der Waals surface area contributed by atoms with Crippen molar-refractivity contribution in [3.05, 3.63) is 36.0 Å².